The number of hydrogen-bond donors (Lipinski definition) is 2. The van der Waals surface area contributed by atoms with Crippen molar-refractivity contribution in [3.8, 4) is 0 Å². The molecule has 0 radical (unpaired) electrons. The molecule has 1 saturated heterocycles. The van der Waals surface area contributed by atoms with E-state index in [4.69, 9.17) is 16.3 Å². The maximum absolute atomic E-state index is 13.0. The van der Waals surface area contributed by atoms with Crippen molar-refractivity contribution in [1.29, 1.82) is 0 Å². The predicted molar refractivity (Wildman–Crippen MR) is 96.0 cm³/mol. The highest BCUT2D eigenvalue weighted by Crippen LogP contribution is 2.48. The first-order valence-electron chi connectivity index (χ1n) is 7.81. The molecule has 1 fully saturated rings. The molecule has 0 aliphatic carbocycles. The summed E-state index contributed by atoms with van der Waals surface area (Å²) >= 11 is 10.7. The Labute approximate surface area is 160 Å². The van der Waals surface area contributed by atoms with Crippen LogP contribution in [0.1, 0.15) is 34.6 Å². The van der Waals surface area contributed by atoms with Gasteiger partial charge in [-0.25, -0.2) is 0 Å². The number of fused-ring (bicyclic) bond motifs is 1. The molecule has 2 aliphatic rings. The lowest BCUT2D eigenvalue weighted by molar-refractivity contribution is -0.164. The number of benzene rings is 1. The number of esters is 1. The highest BCUT2D eigenvalue weighted by Gasteiger charge is 2.72. The predicted octanol–water partition coefficient (Wildman–Crippen LogP) is 1.21. The molecular formula is C17H17ClN2O5S. The molecule has 9 heteroatoms. The molecule has 138 valence electrons. The van der Waals surface area contributed by atoms with Crippen LogP contribution in [0.25, 0.3) is 0 Å². The van der Waals surface area contributed by atoms with E-state index in [0.29, 0.717) is 0 Å². The van der Waals surface area contributed by atoms with Crippen molar-refractivity contribution in [2.75, 3.05) is 7.11 Å². The smallest absolute Gasteiger partial charge is 0.313 e. The Morgan fingerprint density at radius 1 is 1.27 bits per heavy atom. The second kappa shape index (κ2) is 5.99. The summed E-state index contributed by atoms with van der Waals surface area (Å²) in [6, 6.07) is 6.20. The molecule has 1 aromatic carbocycles. The van der Waals surface area contributed by atoms with Crippen molar-refractivity contribution in [3.63, 3.8) is 0 Å². The minimum atomic E-state index is -1.94. The van der Waals surface area contributed by atoms with E-state index in [2.05, 4.69) is 17.9 Å². The molecule has 2 aliphatic heterocycles. The Hall–Kier alpha value is -2.06. The van der Waals surface area contributed by atoms with Crippen molar-refractivity contribution in [3.05, 3.63) is 35.4 Å². The Morgan fingerprint density at radius 3 is 2.12 bits per heavy atom. The van der Waals surface area contributed by atoms with E-state index in [1.165, 1.54) is 12.1 Å². The minimum absolute atomic E-state index is 0.154. The summed E-state index contributed by atoms with van der Waals surface area (Å²) in [7, 11) is 1.16. The van der Waals surface area contributed by atoms with Gasteiger partial charge in [0.15, 0.2) is 5.54 Å². The van der Waals surface area contributed by atoms with Gasteiger partial charge in [-0.3, -0.25) is 24.1 Å². The van der Waals surface area contributed by atoms with Gasteiger partial charge in [-0.15, -0.1) is 0 Å². The number of imide groups is 1. The van der Waals surface area contributed by atoms with Gasteiger partial charge in [-0.05, 0) is 26.0 Å². The standard InChI is InChI=1S/C17H17ClN2O5S/c1-16(2,26)10(13(23)25-3)17(14(18)19-15(17)24)20-11(21)8-6-4-5-7-9(8)12(20)22/h4-7,10,14,26H,1-3H3,(H,19,24). The monoisotopic (exact) mass is 396 g/mol. The second-order valence-corrected chi connectivity index (χ2v) is 8.35. The molecule has 1 aromatic rings. The third-order valence-electron chi connectivity index (χ3n) is 4.76. The molecule has 3 amide bonds. The van der Waals surface area contributed by atoms with E-state index < -0.39 is 45.4 Å². The van der Waals surface area contributed by atoms with Crippen LogP contribution in [0.5, 0.6) is 0 Å². The Balaban J connectivity index is 2.23. The van der Waals surface area contributed by atoms with Crippen LogP contribution in [0.2, 0.25) is 0 Å². The summed E-state index contributed by atoms with van der Waals surface area (Å²) in [5.74, 6) is -4.14. The van der Waals surface area contributed by atoms with E-state index in [0.717, 1.165) is 12.0 Å². The zero-order valence-corrected chi connectivity index (χ0v) is 15.9. The third-order valence-corrected chi connectivity index (χ3v) is 5.46. The number of ether oxygens (including phenoxy) is 1. The van der Waals surface area contributed by atoms with E-state index in [1.807, 2.05) is 0 Å². The summed E-state index contributed by atoms with van der Waals surface area (Å²) in [4.78, 5) is 52.0. The van der Waals surface area contributed by atoms with Crippen LogP contribution < -0.4 is 5.32 Å². The van der Waals surface area contributed by atoms with E-state index in [1.54, 1.807) is 26.0 Å². The molecule has 1 N–H and O–H groups in total. The lowest BCUT2D eigenvalue weighted by Gasteiger charge is -2.55. The summed E-state index contributed by atoms with van der Waals surface area (Å²) < 4.78 is 3.73. The summed E-state index contributed by atoms with van der Waals surface area (Å²) in [6.07, 6.45) is 0. The Bertz CT molecular complexity index is 802. The van der Waals surface area contributed by atoms with E-state index in [9.17, 15) is 19.2 Å². The fraction of sp³-hybridized carbons (Fsp3) is 0.412. The quantitative estimate of drug-likeness (QED) is 0.199. The van der Waals surface area contributed by atoms with Crippen molar-refractivity contribution in [2.45, 2.75) is 29.6 Å². The first kappa shape index (κ1) is 18.7. The van der Waals surface area contributed by atoms with Crippen LogP contribution in [-0.4, -0.2) is 51.5 Å². The fourth-order valence-electron chi connectivity index (χ4n) is 3.65. The largest absolute Gasteiger partial charge is 0.469 e. The molecule has 3 unspecified atom stereocenters. The number of β-lactam (4-membered cyclic amide) rings is 1. The summed E-state index contributed by atoms with van der Waals surface area (Å²) in [5, 5.41) is 2.41. The van der Waals surface area contributed by atoms with Crippen LogP contribution in [0, 0.1) is 5.92 Å². The molecule has 0 spiro atoms. The molecule has 26 heavy (non-hydrogen) atoms. The van der Waals surface area contributed by atoms with Gasteiger partial charge in [-0.2, -0.15) is 12.6 Å². The van der Waals surface area contributed by atoms with Crippen LogP contribution in [-0.2, 0) is 14.3 Å². The SMILES string of the molecule is COC(=O)C(C(C)(C)S)C1(N2C(=O)c3ccccc3C2=O)C(=O)NC1Cl. The zero-order chi connectivity index (χ0) is 19.4. The Morgan fingerprint density at radius 2 is 1.77 bits per heavy atom. The van der Waals surface area contributed by atoms with Gasteiger partial charge in [0.05, 0.1) is 18.2 Å². The molecule has 3 atom stereocenters. The van der Waals surface area contributed by atoms with E-state index >= 15 is 0 Å². The van der Waals surface area contributed by atoms with Gasteiger partial charge in [0, 0.05) is 4.75 Å². The highest BCUT2D eigenvalue weighted by atomic mass is 35.5. The van der Waals surface area contributed by atoms with Crippen LogP contribution in [0.15, 0.2) is 24.3 Å². The Kier molecular flexibility index (Phi) is 4.31. The first-order chi connectivity index (χ1) is 12.1. The normalized spacial score (nSPS) is 26.1. The number of carbonyl (C=O) groups is 4. The van der Waals surface area contributed by atoms with Crippen molar-refractivity contribution < 1.29 is 23.9 Å². The molecule has 0 bridgehead atoms. The zero-order valence-electron chi connectivity index (χ0n) is 14.3. The lowest BCUT2D eigenvalue weighted by atomic mass is 9.70. The number of rotatable bonds is 4. The number of thiol groups is 1. The molecule has 0 saturated carbocycles. The van der Waals surface area contributed by atoms with Crippen molar-refractivity contribution >= 4 is 47.9 Å². The fourth-order valence-corrected chi connectivity index (χ4v) is 4.37. The highest BCUT2D eigenvalue weighted by molar-refractivity contribution is 7.81. The van der Waals surface area contributed by atoms with Gasteiger partial charge in [0.2, 0.25) is 0 Å². The number of nitrogens with zero attached hydrogens (tertiary/aromatic N) is 1. The van der Waals surface area contributed by atoms with E-state index in [-0.39, 0.29) is 11.1 Å². The third kappa shape index (κ3) is 2.28. The van der Waals surface area contributed by atoms with Crippen LogP contribution >= 0.6 is 24.2 Å². The summed E-state index contributed by atoms with van der Waals surface area (Å²) in [6.45, 7) is 3.18. The number of hydrogen-bond acceptors (Lipinski definition) is 6. The van der Waals surface area contributed by atoms with Gasteiger partial charge in [-0.1, -0.05) is 23.7 Å². The number of alkyl halides is 1. The van der Waals surface area contributed by atoms with Gasteiger partial charge < -0.3 is 10.1 Å². The molecule has 7 nitrogen and oxygen atoms in total. The molecule has 0 aromatic heterocycles. The number of nitrogens with one attached hydrogen (secondary N) is 1. The van der Waals surface area contributed by atoms with Gasteiger partial charge in [0.25, 0.3) is 17.7 Å². The van der Waals surface area contributed by atoms with Gasteiger partial charge in [0.1, 0.15) is 11.4 Å². The topological polar surface area (TPSA) is 92.8 Å². The first-order valence-corrected chi connectivity index (χ1v) is 8.70. The average molecular weight is 397 g/mol. The number of halogens is 1. The second-order valence-electron chi connectivity index (χ2n) is 6.76. The molecular weight excluding hydrogens is 380 g/mol. The maximum Gasteiger partial charge on any atom is 0.313 e. The maximum atomic E-state index is 13.0. The number of methoxy groups -OCH3 is 1. The lowest BCUT2D eigenvalue weighted by Crippen LogP contribution is -2.83. The molecule has 3 rings (SSSR count). The van der Waals surface area contributed by atoms with Crippen LogP contribution in [0.4, 0.5) is 0 Å². The summed E-state index contributed by atoms with van der Waals surface area (Å²) in [5.41, 5.74) is -2.79. The van der Waals surface area contributed by atoms with Gasteiger partial charge >= 0.3 is 5.97 Å². The average Bonchev–Trinajstić information content (AvgIpc) is 2.83. The number of amides is 3. The van der Waals surface area contributed by atoms with Crippen molar-refractivity contribution in [2.24, 2.45) is 5.92 Å². The van der Waals surface area contributed by atoms with Crippen molar-refractivity contribution in [1.82, 2.24) is 10.2 Å². The van der Waals surface area contributed by atoms with Crippen LogP contribution in [0.3, 0.4) is 0 Å². The minimum Gasteiger partial charge on any atom is -0.469 e. The molecule has 2 heterocycles. The number of carbonyl (C=O) groups excluding carboxylic acids is 4.